The fourth-order valence-corrected chi connectivity index (χ4v) is 4.22. The highest BCUT2D eigenvalue weighted by molar-refractivity contribution is 6.30. The number of nitrogens with one attached hydrogen (secondary N) is 1. The first kappa shape index (κ1) is 14.6. The van der Waals surface area contributed by atoms with Gasteiger partial charge in [-0.05, 0) is 49.4 Å². The second-order valence-electron chi connectivity index (χ2n) is 7.13. The number of benzene rings is 1. The predicted molar refractivity (Wildman–Crippen MR) is 85.6 cm³/mol. The fourth-order valence-electron chi connectivity index (χ4n) is 4.09. The third-order valence-electron chi connectivity index (χ3n) is 5.32. The zero-order chi connectivity index (χ0) is 15.3. The van der Waals surface area contributed by atoms with E-state index in [9.17, 15) is 4.79 Å². The molecule has 21 heavy (non-hydrogen) atoms. The van der Waals surface area contributed by atoms with E-state index in [-0.39, 0.29) is 16.7 Å². The summed E-state index contributed by atoms with van der Waals surface area (Å²) in [6, 6.07) is 6.86. The van der Waals surface area contributed by atoms with Crippen molar-refractivity contribution in [3.63, 3.8) is 0 Å². The topological polar surface area (TPSA) is 41.5 Å². The van der Waals surface area contributed by atoms with Gasteiger partial charge in [-0.3, -0.25) is 4.79 Å². The monoisotopic (exact) mass is 304 g/mol. The first-order valence-electron chi connectivity index (χ1n) is 7.47. The Morgan fingerprint density at radius 2 is 1.95 bits per heavy atom. The Hall–Kier alpha value is -1.35. The molecule has 0 spiro atoms. The second kappa shape index (κ2) is 4.84. The lowest BCUT2D eigenvalue weighted by molar-refractivity contribution is 0.0954. The maximum atomic E-state index is 12.2. The summed E-state index contributed by atoms with van der Waals surface area (Å²) in [6.07, 6.45) is 3.64. The van der Waals surface area contributed by atoms with Gasteiger partial charge < -0.3 is 0 Å². The van der Waals surface area contributed by atoms with Crippen molar-refractivity contribution < 1.29 is 4.79 Å². The molecular formula is C17H21ClN2O. The SMILES string of the molecule is CC1(C)/C(=N\NC(=O)c2ccc(Cl)cc2)[C@]2(C)CC[C@H]1C2. The molecule has 0 aromatic heterocycles. The van der Waals surface area contributed by atoms with E-state index in [0.29, 0.717) is 16.5 Å². The van der Waals surface area contributed by atoms with E-state index in [4.69, 9.17) is 11.6 Å². The van der Waals surface area contributed by atoms with Gasteiger partial charge in [-0.25, -0.2) is 5.43 Å². The van der Waals surface area contributed by atoms with Crippen molar-refractivity contribution in [3.8, 4) is 0 Å². The van der Waals surface area contributed by atoms with Gasteiger partial charge in [0.25, 0.3) is 5.91 Å². The van der Waals surface area contributed by atoms with Crippen LogP contribution in [0, 0.1) is 16.7 Å². The van der Waals surface area contributed by atoms with E-state index in [2.05, 4.69) is 31.3 Å². The molecule has 4 heteroatoms. The van der Waals surface area contributed by atoms with Crippen LogP contribution >= 0.6 is 11.6 Å². The number of rotatable bonds is 2. The van der Waals surface area contributed by atoms with Gasteiger partial charge in [0.05, 0.1) is 5.71 Å². The summed E-state index contributed by atoms with van der Waals surface area (Å²) in [5.41, 5.74) is 4.70. The number of nitrogens with zero attached hydrogens (tertiary/aromatic N) is 1. The Morgan fingerprint density at radius 1 is 1.29 bits per heavy atom. The van der Waals surface area contributed by atoms with Crippen molar-refractivity contribution >= 4 is 23.2 Å². The lowest BCUT2D eigenvalue weighted by Gasteiger charge is -2.35. The van der Waals surface area contributed by atoms with Crippen LogP contribution in [0.1, 0.15) is 50.4 Å². The van der Waals surface area contributed by atoms with E-state index in [0.717, 1.165) is 5.71 Å². The summed E-state index contributed by atoms with van der Waals surface area (Å²) in [5, 5.41) is 5.14. The summed E-state index contributed by atoms with van der Waals surface area (Å²) in [4.78, 5) is 12.2. The molecule has 3 nitrogen and oxygen atoms in total. The molecule has 0 saturated heterocycles. The molecule has 3 rings (SSSR count). The maximum Gasteiger partial charge on any atom is 0.271 e. The molecule has 1 aromatic carbocycles. The number of carbonyl (C=O) groups is 1. The van der Waals surface area contributed by atoms with Crippen LogP contribution in [-0.2, 0) is 0 Å². The third kappa shape index (κ3) is 2.38. The maximum absolute atomic E-state index is 12.2. The number of amides is 1. The molecule has 1 N–H and O–H groups in total. The van der Waals surface area contributed by atoms with Crippen LogP contribution in [0.4, 0.5) is 0 Å². The molecule has 1 amide bonds. The summed E-state index contributed by atoms with van der Waals surface area (Å²) in [7, 11) is 0. The highest BCUT2D eigenvalue weighted by Crippen LogP contribution is 2.60. The smallest absolute Gasteiger partial charge is 0.267 e. The molecule has 0 aliphatic heterocycles. The second-order valence-corrected chi connectivity index (χ2v) is 7.57. The largest absolute Gasteiger partial charge is 0.271 e. The average molecular weight is 305 g/mol. The van der Waals surface area contributed by atoms with E-state index in [1.807, 2.05) is 0 Å². The van der Waals surface area contributed by atoms with Crippen LogP contribution in [-0.4, -0.2) is 11.6 Å². The fraction of sp³-hybridized carbons (Fsp3) is 0.529. The molecule has 2 aliphatic carbocycles. The van der Waals surface area contributed by atoms with Crippen LogP contribution in [0.5, 0.6) is 0 Å². The van der Waals surface area contributed by atoms with Crippen LogP contribution in [0.2, 0.25) is 5.02 Å². The summed E-state index contributed by atoms with van der Waals surface area (Å²) in [6.45, 7) is 6.76. The van der Waals surface area contributed by atoms with Crippen LogP contribution in [0.15, 0.2) is 29.4 Å². The zero-order valence-electron chi connectivity index (χ0n) is 12.7. The number of hydrogen-bond donors (Lipinski definition) is 1. The number of fused-ring (bicyclic) bond motifs is 2. The Balaban J connectivity index is 1.80. The quantitative estimate of drug-likeness (QED) is 0.814. The standard InChI is InChI=1S/C17H21ClN2O/c1-16(2)12-8-9-17(3,10-12)15(16)20-19-14(21)11-4-6-13(18)7-5-11/h4-7,12H,8-10H2,1-3H3,(H,19,21)/b20-15+/t12-,17+/m0/s1. The molecule has 2 atom stereocenters. The van der Waals surface area contributed by atoms with Gasteiger partial charge in [0, 0.05) is 21.4 Å². The zero-order valence-corrected chi connectivity index (χ0v) is 13.5. The number of halogens is 1. The van der Waals surface area contributed by atoms with Crippen LogP contribution in [0.3, 0.4) is 0 Å². The van der Waals surface area contributed by atoms with Gasteiger partial charge >= 0.3 is 0 Å². The highest BCUT2D eigenvalue weighted by Gasteiger charge is 2.57. The van der Waals surface area contributed by atoms with E-state index in [1.165, 1.54) is 19.3 Å². The number of carbonyl (C=O) groups excluding carboxylic acids is 1. The Bertz CT molecular complexity index is 599. The number of hydrazone groups is 1. The molecule has 0 radical (unpaired) electrons. The highest BCUT2D eigenvalue weighted by atomic mass is 35.5. The summed E-state index contributed by atoms with van der Waals surface area (Å²) < 4.78 is 0. The molecule has 2 bridgehead atoms. The molecule has 2 saturated carbocycles. The van der Waals surface area contributed by atoms with Crippen molar-refractivity contribution in [2.75, 3.05) is 0 Å². The predicted octanol–water partition coefficient (Wildman–Crippen LogP) is 4.27. The summed E-state index contributed by atoms with van der Waals surface area (Å²) in [5.74, 6) is 0.509. The van der Waals surface area contributed by atoms with Gasteiger partial charge in [0.2, 0.25) is 0 Å². The Labute approximate surface area is 130 Å². The van der Waals surface area contributed by atoms with Gasteiger partial charge in [-0.2, -0.15) is 5.10 Å². The average Bonchev–Trinajstić information content (AvgIpc) is 2.90. The van der Waals surface area contributed by atoms with Gasteiger partial charge in [0.15, 0.2) is 0 Å². The Morgan fingerprint density at radius 3 is 2.52 bits per heavy atom. The van der Waals surface area contributed by atoms with Gasteiger partial charge in [0.1, 0.15) is 0 Å². The molecular weight excluding hydrogens is 284 g/mol. The van der Waals surface area contributed by atoms with Crippen molar-refractivity contribution in [2.45, 2.75) is 40.0 Å². The van der Waals surface area contributed by atoms with E-state index >= 15 is 0 Å². The van der Waals surface area contributed by atoms with E-state index < -0.39 is 0 Å². The van der Waals surface area contributed by atoms with Crippen molar-refractivity contribution in [1.29, 1.82) is 0 Å². The lowest BCUT2D eigenvalue weighted by atomic mass is 9.71. The van der Waals surface area contributed by atoms with E-state index in [1.54, 1.807) is 24.3 Å². The van der Waals surface area contributed by atoms with Gasteiger partial charge in [-0.15, -0.1) is 0 Å². The molecule has 0 heterocycles. The summed E-state index contributed by atoms with van der Waals surface area (Å²) >= 11 is 5.84. The first-order valence-corrected chi connectivity index (χ1v) is 7.85. The third-order valence-corrected chi connectivity index (χ3v) is 5.57. The first-order chi connectivity index (χ1) is 9.83. The van der Waals surface area contributed by atoms with Crippen molar-refractivity contribution in [2.24, 2.45) is 21.8 Å². The minimum atomic E-state index is -0.179. The molecule has 2 aliphatic rings. The molecule has 1 aromatic rings. The van der Waals surface area contributed by atoms with Crippen LogP contribution < -0.4 is 5.43 Å². The van der Waals surface area contributed by atoms with Crippen molar-refractivity contribution in [1.82, 2.24) is 5.43 Å². The Kier molecular flexibility index (Phi) is 3.36. The van der Waals surface area contributed by atoms with Crippen molar-refractivity contribution in [3.05, 3.63) is 34.9 Å². The normalized spacial score (nSPS) is 31.6. The minimum Gasteiger partial charge on any atom is -0.267 e. The van der Waals surface area contributed by atoms with Gasteiger partial charge in [-0.1, -0.05) is 32.4 Å². The van der Waals surface area contributed by atoms with Crippen LogP contribution in [0.25, 0.3) is 0 Å². The molecule has 2 fully saturated rings. The molecule has 112 valence electrons. The number of hydrogen-bond acceptors (Lipinski definition) is 2. The minimum absolute atomic E-state index is 0.0836. The lowest BCUT2D eigenvalue weighted by Crippen LogP contribution is -2.38. The molecule has 0 unspecified atom stereocenters.